The Morgan fingerprint density at radius 1 is 1.03 bits per heavy atom. The Hall–Kier alpha value is -3.85. The Morgan fingerprint density at radius 3 is 2.76 bits per heavy atom. The first-order chi connectivity index (χ1) is 18.0. The van der Waals surface area contributed by atoms with Gasteiger partial charge < -0.3 is 14.6 Å². The first-order valence-corrected chi connectivity index (χ1v) is 13.6. The smallest absolute Gasteiger partial charge is 0.349 e. The van der Waals surface area contributed by atoms with E-state index in [1.165, 1.54) is 10.4 Å². The molecule has 0 radical (unpaired) electrons. The van der Waals surface area contributed by atoms with Crippen molar-refractivity contribution in [2.24, 2.45) is 0 Å². The third-order valence-electron chi connectivity index (χ3n) is 6.87. The monoisotopic (exact) mass is 523 g/mol. The van der Waals surface area contributed by atoms with Gasteiger partial charge >= 0.3 is 5.63 Å². The number of aromatic nitrogens is 1. The summed E-state index contributed by atoms with van der Waals surface area (Å²) in [7, 11) is 2.10. The molecule has 0 saturated heterocycles. The molecule has 0 atom stereocenters. The van der Waals surface area contributed by atoms with Crippen LogP contribution in [-0.2, 0) is 13.0 Å². The van der Waals surface area contributed by atoms with Crippen LogP contribution in [0.15, 0.2) is 75.9 Å². The molecular formula is C29H21N3O3S2. The molecule has 1 aliphatic heterocycles. The Morgan fingerprint density at radius 2 is 1.86 bits per heavy atom. The summed E-state index contributed by atoms with van der Waals surface area (Å²) in [5.74, 6) is -0.474. The number of benzene rings is 3. The second kappa shape index (κ2) is 8.62. The molecule has 7 rings (SSSR count). The minimum absolute atomic E-state index is 0.0115. The van der Waals surface area contributed by atoms with Gasteiger partial charge in [-0.3, -0.25) is 4.79 Å². The summed E-state index contributed by atoms with van der Waals surface area (Å²) in [4.78, 5) is 34.8. The van der Waals surface area contributed by atoms with Crippen molar-refractivity contribution in [3.05, 3.63) is 93.2 Å². The molecule has 6 nitrogen and oxygen atoms in total. The summed E-state index contributed by atoms with van der Waals surface area (Å²) < 4.78 is 6.68. The highest BCUT2D eigenvalue weighted by Crippen LogP contribution is 2.45. The van der Waals surface area contributed by atoms with Gasteiger partial charge in [0.25, 0.3) is 5.91 Å². The molecule has 182 valence electrons. The lowest BCUT2D eigenvalue weighted by molar-refractivity contribution is 0.102. The first-order valence-electron chi connectivity index (χ1n) is 12.0. The largest absolute Gasteiger partial charge is 0.422 e. The highest BCUT2D eigenvalue weighted by molar-refractivity contribution is 7.23. The summed E-state index contributed by atoms with van der Waals surface area (Å²) in [6, 6.07) is 21.3. The minimum Gasteiger partial charge on any atom is -0.422 e. The Bertz CT molecular complexity index is 1880. The molecule has 8 heteroatoms. The van der Waals surface area contributed by atoms with Gasteiger partial charge in [-0.25, -0.2) is 9.78 Å². The van der Waals surface area contributed by atoms with Gasteiger partial charge in [0.05, 0.1) is 10.2 Å². The summed E-state index contributed by atoms with van der Waals surface area (Å²) in [5, 5.41) is 7.36. The number of thiazole rings is 1. The number of hydrogen-bond donors (Lipinski definition) is 1. The SMILES string of the molecule is CN1CCc2c(sc(NC(=O)c3cc4c(ccc5ccccc54)oc3=O)c2-c2nc3ccccc3s2)C1. The molecule has 1 aliphatic rings. The van der Waals surface area contributed by atoms with E-state index in [0.29, 0.717) is 5.58 Å². The second-order valence-corrected chi connectivity index (χ2v) is 11.4. The lowest BCUT2D eigenvalue weighted by Crippen LogP contribution is -2.25. The lowest BCUT2D eigenvalue weighted by atomic mass is 10.0. The third kappa shape index (κ3) is 3.76. The maximum absolute atomic E-state index is 13.6. The third-order valence-corrected chi connectivity index (χ3v) is 9.06. The Kier molecular flexibility index (Phi) is 5.21. The predicted molar refractivity (Wildman–Crippen MR) is 151 cm³/mol. The van der Waals surface area contributed by atoms with Crippen molar-refractivity contribution >= 4 is 65.5 Å². The number of nitrogens with one attached hydrogen (secondary N) is 1. The van der Waals surface area contributed by atoms with Crippen LogP contribution >= 0.6 is 22.7 Å². The van der Waals surface area contributed by atoms with Crippen LogP contribution in [0.3, 0.4) is 0 Å². The number of carbonyl (C=O) groups excluding carboxylic acids is 1. The summed E-state index contributed by atoms with van der Waals surface area (Å²) in [5.41, 5.74) is 2.94. The van der Waals surface area contributed by atoms with Crippen LogP contribution in [0.2, 0.25) is 0 Å². The van der Waals surface area contributed by atoms with Crippen LogP contribution < -0.4 is 10.9 Å². The molecule has 0 fully saturated rings. The predicted octanol–water partition coefficient (Wildman–Crippen LogP) is 6.52. The zero-order valence-electron chi connectivity index (χ0n) is 19.9. The van der Waals surface area contributed by atoms with Crippen molar-refractivity contribution in [1.29, 1.82) is 0 Å². The normalized spacial score (nSPS) is 13.9. The van der Waals surface area contributed by atoms with Crippen LogP contribution in [0, 0.1) is 0 Å². The molecule has 1 amide bonds. The van der Waals surface area contributed by atoms with Crippen molar-refractivity contribution in [3.8, 4) is 10.6 Å². The fraction of sp³-hybridized carbons (Fsp3) is 0.138. The van der Waals surface area contributed by atoms with E-state index in [2.05, 4.69) is 23.3 Å². The number of para-hydroxylation sites is 1. The van der Waals surface area contributed by atoms with E-state index in [-0.39, 0.29) is 5.56 Å². The zero-order chi connectivity index (χ0) is 25.1. The number of carbonyl (C=O) groups is 1. The summed E-state index contributed by atoms with van der Waals surface area (Å²) in [6.45, 7) is 1.76. The number of anilines is 1. The van der Waals surface area contributed by atoms with E-state index in [1.807, 2.05) is 48.5 Å². The summed E-state index contributed by atoms with van der Waals surface area (Å²) in [6.07, 6.45) is 0.883. The maximum atomic E-state index is 13.6. The quantitative estimate of drug-likeness (QED) is 0.211. The molecule has 6 aromatic rings. The van der Waals surface area contributed by atoms with E-state index >= 15 is 0 Å². The van der Waals surface area contributed by atoms with Gasteiger partial charge in [0.2, 0.25) is 0 Å². The molecule has 4 heterocycles. The van der Waals surface area contributed by atoms with Crippen LogP contribution in [0.25, 0.3) is 42.5 Å². The lowest BCUT2D eigenvalue weighted by Gasteiger charge is -2.22. The maximum Gasteiger partial charge on any atom is 0.349 e. The number of fused-ring (bicyclic) bond motifs is 5. The van der Waals surface area contributed by atoms with Crippen molar-refractivity contribution < 1.29 is 9.21 Å². The average molecular weight is 524 g/mol. The molecule has 0 bridgehead atoms. The van der Waals surface area contributed by atoms with Crippen molar-refractivity contribution in [2.45, 2.75) is 13.0 Å². The molecule has 0 saturated carbocycles. The highest BCUT2D eigenvalue weighted by Gasteiger charge is 2.27. The molecule has 1 N–H and O–H groups in total. The van der Waals surface area contributed by atoms with Gasteiger partial charge in [0.1, 0.15) is 21.2 Å². The Balaban J connectivity index is 1.35. The number of thiophene rings is 1. The van der Waals surface area contributed by atoms with Crippen LogP contribution in [0.5, 0.6) is 0 Å². The Labute approximate surface area is 219 Å². The fourth-order valence-corrected chi connectivity index (χ4v) is 7.46. The number of nitrogens with zero attached hydrogens (tertiary/aromatic N) is 2. The standard InChI is InChI=1S/C29H21N3O3S2/c1-32-13-12-18-24(15-32)37-28(25(18)27-30-21-8-4-5-9-23(21)36-27)31-26(33)20-14-19-17-7-3-2-6-16(17)10-11-22(19)35-29(20)34/h2-11,14H,12-13,15H2,1H3,(H,31,33). The molecule has 37 heavy (non-hydrogen) atoms. The van der Waals surface area contributed by atoms with Crippen LogP contribution in [-0.4, -0.2) is 29.4 Å². The first kappa shape index (κ1) is 22.4. The van der Waals surface area contributed by atoms with E-state index < -0.39 is 11.5 Å². The molecule has 0 spiro atoms. The topological polar surface area (TPSA) is 75.4 Å². The van der Waals surface area contributed by atoms with Crippen LogP contribution in [0.4, 0.5) is 5.00 Å². The van der Waals surface area contributed by atoms with Gasteiger partial charge in [-0.1, -0.05) is 42.5 Å². The van der Waals surface area contributed by atoms with Gasteiger partial charge in [-0.2, -0.15) is 0 Å². The van der Waals surface area contributed by atoms with Crippen LogP contribution in [0.1, 0.15) is 20.8 Å². The number of likely N-dealkylation sites (N-methyl/N-ethyl adjacent to an activating group) is 1. The average Bonchev–Trinajstić information content (AvgIpc) is 3.48. The molecule has 3 aromatic carbocycles. The van der Waals surface area contributed by atoms with E-state index in [0.717, 1.165) is 61.5 Å². The van der Waals surface area contributed by atoms with E-state index in [4.69, 9.17) is 9.40 Å². The van der Waals surface area contributed by atoms with Crippen molar-refractivity contribution in [1.82, 2.24) is 9.88 Å². The molecular weight excluding hydrogens is 502 g/mol. The summed E-state index contributed by atoms with van der Waals surface area (Å²) >= 11 is 3.19. The number of hydrogen-bond acceptors (Lipinski definition) is 7. The molecule has 0 aliphatic carbocycles. The molecule has 3 aromatic heterocycles. The minimum atomic E-state index is -0.650. The van der Waals surface area contributed by atoms with Crippen molar-refractivity contribution in [2.75, 3.05) is 18.9 Å². The number of amides is 1. The second-order valence-electron chi connectivity index (χ2n) is 9.28. The van der Waals surface area contributed by atoms with Gasteiger partial charge in [0, 0.05) is 28.9 Å². The van der Waals surface area contributed by atoms with Crippen molar-refractivity contribution in [3.63, 3.8) is 0 Å². The molecule has 0 unspecified atom stereocenters. The van der Waals surface area contributed by atoms with Gasteiger partial charge in [-0.05, 0) is 54.1 Å². The van der Waals surface area contributed by atoms with E-state index in [9.17, 15) is 9.59 Å². The fourth-order valence-electron chi connectivity index (χ4n) is 5.02. The van der Waals surface area contributed by atoms with Gasteiger partial charge in [-0.15, -0.1) is 22.7 Å². The number of rotatable bonds is 3. The highest BCUT2D eigenvalue weighted by atomic mass is 32.1. The zero-order valence-corrected chi connectivity index (χ0v) is 21.5. The van der Waals surface area contributed by atoms with Gasteiger partial charge in [0.15, 0.2) is 0 Å². The van der Waals surface area contributed by atoms with E-state index in [1.54, 1.807) is 34.8 Å².